The van der Waals surface area contributed by atoms with Gasteiger partial charge in [0.05, 0.1) is 0 Å². The predicted octanol–water partition coefficient (Wildman–Crippen LogP) is 12.6. The summed E-state index contributed by atoms with van der Waals surface area (Å²) in [6, 6.07) is 54.0. The highest BCUT2D eigenvalue weighted by atomic mass is 32.1. The molecule has 0 aliphatic rings. The van der Waals surface area contributed by atoms with E-state index < -0.39 is 0 Å². The molecule has 0 aliphatic carbocycles. The second-order valence-electron chi connectivity index (χ2n) is 11.6. The summed E-state index contributed by atoms with van der Waals surface area (Å²) < 4.78 is 2.68. The summed E-state index contributed by atoms with van der Waals surface area (Å²) in [6.07, 6.45) is 0. The van der Waals surface area contributed by atoms with E-state index in [-0.39, 0.29) is 0 Å². The average molecular weight is 561 g/mol. The summed E-state index contributed by atoms with van der Waals surface area (Å²) in [5, 5.41) is 16.1. The summed E-state index contributed by atoms with van der Waals surface area (Å²) in [5.41, 5.74) is 5.18. The standard InChI is InChI=1S/C42H24S/c1-3-11-25(12-4-1)37-29-17-9-10-18-30(29)38(26-13-5-2-6-14-26)42-33-21-22-35-40-31(19-20-32(39(33)40)41(37)42)34-23-27-15-7-8-16-28(27)24-36(34)43-35/h1-24H. The fourth-order valence-electron chi connectivity index (χ4n) is 7.61. The van der Waals surface area contributed by atoms with Gasteiger partial charge in [-0.1, -0.05) is 127 Å². The van der Waals surface area contributed by atoms with E-state index in [1.54, 1.807) is 0 Å². The SMILES string of the molecule is c1ccc(-c2c3ccccc3c(-c3ccccc3)c3c4ccc5c6cc7ccccc7cc6sc6ccc(c23)c4c65)cc1. The minimum atomic E-state index is 1.26. The zero-order valence-corrected chi connectivity index (χ0v) is 24.1. The Morgan fingerprint density at radius 1 is 0.302 bits per heavy atom. The van der Waals surface area contributed by atoms with Crippen molar-refractivity contribution in [1.29, 1.82) is 0 Å². The Hall–Kier alpha value is -5.24. The molecule has 1 heteroatoms. The van der Waals surface area contributed by atoms with Gasteiger partial charge in [0.15, 0.2) is 0 Å². The average Bonchev–Trinajstić information content (AvgIpc) is 3.40. The molecule has 0 nitrogen and oxygen atoms in total. The first-order valence-electron chi connectivity index (χ1n) is 14.9. The lowest BCUT2D eigenvalue weighted by Gasteiger charge is -2.16. The lowest BCUT2D eigenvalue weighted by atomic mass is 9.86. The first kappa shape index (κ1) is 23.3. The van der Waals surface area contributed by atoms with E-state index in [1.165, 1.54) is 96.3 Å². The number of fused-ring (bicyclic) bond motifs is 7. The van der Waals surface area contributed by atoms with Crippen molar-refractivity contribution in [3.63, 3.8) is 0 Å². The van der Waals surface area contributed by atoms with Crippen molar-refractivity contribution in [3.8, 4) is 22.3 Å². The minimum Gasteiger partial charge on any atom is -0.135 e. The molecule has 0 aliphatic heterocycles. The van der Waals surface area contributed by atoms with Gasteiger partial charge in [0.1, 0.15) is 0 Å². The van der Waals surface area contributed by atoms with Crippen LogP contribution in [0.15, 0.2) is 146 Å². The van der Waals surface area contributed by atoms with Gasteiger partial charge in [-0.25, -0.2) is 0 Å². The summed E-state index contributed by atoms with van der Waals surface area (Å²) in [7, 11) is 0. The Kier molecular flexibility index (Phi) is 4.69. The zero-order chi connectivity index (χ0) is 28.1. The van der Waals surface area contributed by atoms with E-state index in [2.05, 4.69) is 146 Å². The Morgan fingerprint density at radius 2 is 0.814 bits per heavy atom. The van der Waals surface area contributed by atoms with E-state index in [0.717, 1.165) is 0 Å². The third kappa shape index (κ3) is 3.15. The molecule has 0 atom stereocenters. The molecule has 10 rings (SSSR count). The first-order valence-corrected chi connectivity index (χ1v) is 15.7. The lowest BCUT2D eigenvalue weighted by molar-refractivity contribution is 1.67. The van der Waals surface area contributed by atoms with Crippen LogP contribution in [-0.4, -0.2) is 0 Å². The van der Waals surface area contributed by atoms with Crippen LogP contribution in [0.1, 0.15) is 0 Å². The van der Waals surface area contributed by atoms with Crippen molar-refractivity contribution in [3.05, 3.63) is 146 Å². The number of benzene rings is 8. The molecule has 9 aromatic carbocycles. The Balaban J connectivity index is 1.49. The van der Waals surface area contributed by atoms with E-state index in [0.29, 0.717) is 0 Å². The van der Waals surface area contributed by atoms with Gasteiger partial charge in [-0.15, -0.1) is 11.3 Å². The van der Waals surface area contributed by atoms with Gasteiger partial charge >= 0.3 is 0 Å². The predicted molar refractivity (Wildman–Crippen MR) is 189 cm³/mol. The first-order chi connectivity index (χ1) is 21.3. The van der Waals surface area contributed by atoms with E-state index in [1.807, 2.05) is 11.3 Å². The smallest absolute Gasteiger partial charge is 0.0361 e. The molecule has 10 aromatic rings. The lowest BCUT2D eigenvalue weighted by Crippen LogP contribution is -1.89. The maximum absolute atomic E-state index is 2.40. The van der Waals surface area contributed by atoms with Crippen molar-refractivity contribution in [2.45, 2.75) is 0 Å². The molecular formula is C42H24S. The van der Waals surface area contributed by atoms with Crippen LogP contribution in [0.5, 0.6) is 0 Å². The van der Waals surface area contributed by atoms with Crippen molar-refractivity contribution in [2.24, 2.45) is 0 Å². The van der Waals surface area contributed by atoms with E-state index in [4.69, 9.17) is 0 Å². The van der Waals surface area contributed by atoms with Gasteiger partial charge in [-0.3, -0.25) is 0 Å². The largest absolute Gasteiger partial charge is 0.135 e. The van der Waals surface area contributed by atoms with Crippen molar-refractivity contribution in [1.82, 2.24) is 0 Å². The van der Waals surface area contributed by atoms with E-state index in [9.17, 15) is 0 Å². The van der Waals surface area contributed by atoms with Crippen molar-refractivity contribution >= 4 is 85.4 Å². The van der Waals surface area contributed by atoms with Crippen LogP contribution < -0.4 is 0 Å². The van der Waals surface area contributed by atoms with Crippen LogP contribution in [-0.2, 0) is 0 Å². The van der Waals surface area contributed by atoms with Crippen LogP contribution in [0.3, 0.4) is 0 Å². The van der Waals surface area contributed by atoms with Crippen LogP contribution in [0.4, 0.5) is 0 Å². The van der Waals surface area contributed by atoms with Crippen LogP contribution in [0.2, 0.25) is 0 Å². The molecule has 0 spiro atoms. The molecule has 0 fully saturated rings. The zero-order valence-electron chi connectivity index (χ0n) is 23.3. The highest BCUT2D eigenvalue weighted by Gasteiger charge is 2.24. The Labute approximate surface area is 252 Å². The second kappa shape index (κ2) is 8.64. The molecule has 0 radical (unpaired) electrons. The highest BCUT2D eigenvalue weighted by Crippen LogP contribution is 2.53. The minimum absolute atomic E-state index is 1.26. The molecule has 1 aromatic heterocycles. The molecule has 0 saturated carbocycles. The van der Waals surface area contributed by atoms with Crippen LogP contribution in [0, 0.1) is 0 Å². The van der Waals surface area contributed by atoms with Gasteiger partial charge < -0.3 is 0 Å². The molecule has 0 unspecified atom stereocenters. The molecule has 0 amide bonds. The normalized spacial score (nSPS) is 12.2. The molecular weight excluding hydrogens is 537 g/mol. The van der Waals surface area contributed by atoms with Gasteiger partial charge in [0, 0.05) is 20.2 Å². The fourth-order valence-corrected chi connectivity index (χ4v) is 8.76. The maximum Gasteiger partial charge on any atom is 0.0361 e. The van der Waals surface area contributed by atoms with Gasteiger partial charge in [0.2, 0.25) is 0 Å². The summed E-state index contributed by atoms with van der Waals surface area (Å²) >= 11 is 1.92. The van der Waals surface area contributed by atoms with Crippen LogP contribution >= 0.6 is 11.3 Å². The molecule has 43 heavy (non-hydrogen) atoms. The summed E-state index contributed by atoms with van der Waals surface area (Å²) in [6.45, 7) is 0. The molecule has 0 N–H and O–H groups in total. The van der Waals surface area contributed by atoms with Gasteiger partial charge in [0.25, 0.3) is 0 Å². The molecule has 0 bridgehead atoms. The second-order valence-corrected chi connectivity index (χ2v) is 12.7. The third-order valence-corrected chi connectivity index (χ3v) is 10.5. The fraction of sp³-hybridized carbons (Fsp3) is 0. The monoisotopic (exact) mass is 560 g/mol. The maximum atomic E-state index is 2.40. The summed E-state index contributed by atoms with van der Waals surface area (Å²) in [4.78, 5) is 0. The highest BCUT2D eigenvalue weighted by molar-refractivity contribution is 7.25. The van der Waals surface area contributed by atoms with E-state index >= 15 is 0 Å². The van der Waals surface area contributed by atoms with Crippen molar-refractivity contribution in [2.75, 3.05) is 0 Å². The summed E-state index contributed by atoms with van der Waals surface area (Å²) in [5.74, 6) is 0. The van der Waals surface area contributed by atoms with Crippen molar-refractivity contribution < 1.29 is 0 Å². The van der Waals surface area contributed by atoms with Gasteiger partial charge in [-0.2, -0.15) is 0 Å². The Morgan fingerprint density at radius 3 is 1.44 bits per heavy atom. The Bertz CT molecular complexity index is 2600. The van der Waals surface area contributed by atoms with Gasteiger partial charge in [-0.05, 0) is 94.3 Å². The third-order valence-electron chi connectivity index (χ3n) is 9.36. The molecule has 0 saturated heterocycles. The molecule has 198 valence electrons. The quantitative estimate of drug-likeness (QED) is 0.146. The van der Waals surface area contributed by atoms with Crippen LogP contribution in [0.25, 0.3) is 96.3 Å². The number of rotatable bonds is 2. The number of hydrogen-bond donors (Lipinski definition) is 0. The topological polar surface area (TPSA) is 0 Å². The molecule has 1 heterocycles. The number of hydrogen-bond acceptors (Lipinski definition) is 1.